The van der Waals surface area contributed by atoms with E-state index in [2.05, 4.69) is 20.6 Å². The number of hydrogen-bond donors (Lipinski definition) is 2. The van der Waals surface area contributed by atoms with Gasteiger partial charge < -0.3 is 10.6 Å². The van der Waals surface area contributed by atoms with E-state index >= 15 is 0 Å². The van der Waals surface area contributed by atoms with Crippen molar-refractivity contribution >= 4 is 11.7 Å². The van der Waals surface area contributed by atoms with Gasteiger partial charge in [-0.05, 0) is 13.8 Å². The van der Waals surface area contributed by atoms with E-state index in [4.69, 9.17) is 0 Å². The highest BCUT2D eigenvalue weighted by Gasteiger charge is 2.11. The van der Waals surface area contributed by atoms with E-state index in [0.717, 1.165) is 0 Å². The van der Waals surface area contributed by atoms with Gasteiger partial charge in [0.15, 0.2) is 0 Å². The Morgan fingerprint density at radius 1 is 1.57 bits per heavy atom. The van der Waals surface area contributed by atoms with Crippen LogP contribution in [0.3, 0.4) is 0 Å². The summed E-state index contributed by atoms with van der Waals surface area (Å²) < 4.78 is 0. The summed E-state index contributed by atoms with van der Waals surface area (Å²) in [6, 6.07) is -0.299. The molecule has 76 valence electrons. The van der Waals surface area contributed by atoms with Gasteiger partial charge in [-0.25, -0.2) is 4.98 Å². The molecule has 0 saturated heterocycles. The molecule has 1 amide bonds. The minimum Gasteiger partial charge on any atom is -0.357 e. The normalized spacial score (nSPS) is 11.9. The van der Waals surface area contributed by atoms with Crippen molar-refractivity contribution in [3.8, 4) is 0 Å². The smallest absolute Gasteiger partial charge is 0.242 e. The summed E-state index contributed by atoms with van der Waals surface area (Å²) >= 11 is 0. The molecular weight excluding hydrogens is 180 g/mol. The molecule has 0 saturated carbocycles. The topological polar surface area (TPSA) is 66.9 Å². The van der Waals surface area contributed by atoms with Gasteiger partial charge in [-0.2, -0.15) is 0 Å². The second kappa shape index (κ2) is 5.16. The highest BCUT2D eigenvalue weighted by Crippen LogP contribution is 1.99. The van der Waals surface area contributed by atoms with Crippen LogP contribution in [0, 0.1) is 0 Å². The Bertz CT molecular complexity index is 288. The molecule has 1 unspecified atom stereocenters. The summed E-state index contributed by atoms with van der Waals surface area (Å²) in [6.07, 6.45) is 4.74. The van der Waals surface area contributed by atoms with Crippen molar-refractivity contribution in [1.82, 2.24) is 15.3 Å². The lowest BCUT2D eigenvalue weighted by Gasteiger charge is -2.12. The number of likely N-dealkylation sites (N-methyl/N-ethyl adjacent to an activating group) is 1. The highest BCUT2D eigenvalue weighted by atomic mass is 16.2. The van der Waals surface area contributed by atoms with E-state index in [0.29, 0.717) is 12.4 Å². The molecular formula is C9H14N4O. The van der Waals surface area contributed by atoms with Crippen LogP contribution in [0.1, 0.15) is 13.8 Å². The molecule has 0 aliphatic carbocycles. The van der Waals surface area contributed by atoms with E-state index < -0.39 is 0 Å². The van der Waals surface area contributed by atoms with Crippen LogP contribution in [0.4, 0.5) is 5.82 Å². The van der Waals surface area contributed by atoms with Gasteiger partial charge in [0.05, 0.1) is 6.20 Å². The van der Waals surface area contributed by atoms with Gasteiger partial charge in [-0.15, -0.1) is 0 Å². The molecule has 0 bridgehead atoms. The van der Waals surface area contributed by atoms with E-state index in [1.165, 1.54) is 0 Å². The summed E-state index contributed by atoms with van der Waals surface area (Å²) in [6.45, 7) is 4.29. The Labute approximate surface area is 83.0 Å². The molecule has 1 aromatic heterocycles. The van der Waals surface area contributed by atoms with E-state index in [9.17, 15) is 4.79 Å². The van der Waals surface area contributed by atoms with Crippen LogP contribution < -0.4 is 10.6 Å². The zero-order valence-electron chi connectivity index (χ0n) is 8.32. The Kier molecular flexibility index (Phi) is 3.84. The number of anilines is 1. The lowest BCUT2D eigenvalue weighted by Crippen LogP contribution is -2.37. The van der Waals surface area contributed by atoms with Gasteiger partial charge in [0.1, 0.15) is 11.9 Å². The number of amides is 1. The zero-order chi connectivity index (χ0) is 10.4. The Morgan fingerprint density at radius 2 is 2.36 bits per heavy atom. The molecule has 14 heavy (non-hydrogen) atoms. The van der Waals surface area contributed by atoms with E-state index in [1.54, 1.807) is 25.5 Å². The molecule has 1 atom stereocenters. The second-order valence-corrected chi connectivity index (χ2v) is 2.85. The van der Waals surface area contributed by atoms with Crippen molar-refractivity contribution in [2.45, 2.75) is 19.9 Å². The Hall–Kier alpha value is -1.65. The quantitative estimate of drug-likeness (QED) is 0.728. The van der Waals surface area contributed by atoms with Crippen LogP contribution in [0.2, 0.25) is 0 Å². The fraction of sp³-hybridized carbons (Fsp3) is 0.444. The average molecular weight is 194 g/mol. The molecule has 0 radical (unpaired) electrons. The third kappa shape index (κ3) is 3.01. The van der Waals surface area contributed by atoms with Crippen LogP contribution in [0.5, 0.6) is 0 Å². The molecule has 1 rings (SSSR count). The Balaban J connectivity index is 2.49. The fourth-order valence-corrected chi connectivity index (χ4v) is 0.988. The standard InChI is InChI=1S/C9H14N4O/c1-3-11-9(14)7(2)13-8-6-10-4-5-12-8/h4-7H,3H2,1-2H3,(H,11,14)(H,12,13). The average Bonchev–Trinajstić information content (AvgIpc) is 2.19. The molecule has 2 N–H and O–H groups in total. The third-order valence-electron chi connectivity index (χ3n) is 1.67. The maximum absolute atomic E-state index is 11.3. The number of nitrogens with one attached hydrogen (secondary N) is 2. The van der Waals surface area contributed by atoms with Crippen LogP contribution in [0.15, 0.2) is 18.6 Å². The lowest BCUT2D eigenvalue weighted by molar-refractivity contribution is -0.121. The molecule has 0 spiro atoms. The summed E-state index contributed by atoms with van der Waals surface area (Å²) in [4.78, 5) is 19.2. The molecule has 0 aromatic carbocycles. The lowest BCUT2D eigenvalue weighted by atomic mass is 10.3. The van der Waals surface area contributed by atoms with Gasteiger partial charge in [0.2, 0.25) is 5.91 Å². The first-order valence-corrected chi connectivity index (χ1v) is 4.54. The molecule has 0 aliphatic rings. The summed E-state index contributed by atoms with van der Waals surface area (Å²) in [5.41, 5.74) is 0. The van der Waals surface area contributed by atoms with Crippen molar-refractivity contribution < 1.29 is 4.79 Å². The number of aromatic nitrogens is 2. The number of hydrogen-bond acceptors (Lipinski definition) is 4. The van der Waals surface area contributed by atoms with E-state index in [1.807, 2.05) is 6.92 Å². The highest BCUT2D eigenvalue weighted by molar-refractivity contribution is 5.83. The van der Waals surface area contributed by atoms with Crippen LogP contribution in [-0.2, 0) is 4.79 Å². The van der Waals surface area contributed by atoms with Crippen molar-refractivity contribution in [2.75, 3.05) is 11.9 Å². The number of carbonyl (C=O) groups is 1. The minimum atomic E-state index is -0.299. The van der Waals surface area contributed by atoms with Gasteiger partial charge in [0.25, 0.3) is 0 Å². The van der Waals surface area contributed by atoms with Crippen LogP contribution >= 0.6 is 0 Å². The number of nitrogens with zero attached hydrogens (tertiary/aromatic N) is 2. The molecule has 1 heterocycles. The molecule has 5 heteroatoms. The second-order valence-electron chi connectivity index (χ2n) is 2.85. The molecule has 0 fully saturated rings. The van der Waals surface area contributed by atoms with Crippen molar-refractivity contribution in [1.29, 1.82) is 0 Å². The minimum absolute atomic E-state index is 0.0434. The summed E-state index contributed by atoms with van der Waals surface area (Å²) in [5, 5.41) is 5.66. The maximum Gasteiger partial charge on any atom is 0.242 e. The van der Waals surface area contributed by atoms with Crippen molar-refractivity contribution in [2.24, 2.45) is 0 Å². The molecule has 0 aliphatic heterocycles. The fourth-order valence-electron chi connectivity index (χ4n) is 0.988. The monoisotopic (exact) mass is 194 g/mol. The number of rotatable bonds is 4. The predicted molar refractivity (Wildman–Crippen MR) is 53.8 cm³/mol. The van der Waals surface area contributed by atoms with Crippen LogP contribution in [-0.4, -0.2) is 28.5 Å². The first-order chi connectivity index (χ1) is 6.74. The first kappa shape index (κ1) is 10.4. The predicted octanol–water partition coefficient (Wildman–Crippen LogP) is 0.413. The summed E-state index contributed by atoms with van der Waals surface area (Å²) in [5.74, 6) is 0.560. The number of carbonyl (C=O) groups excluding carboxylic acids is 1. The van der Waals surface area contributed by atoms with Crippen molar-refractivity contribution in [3.63, 3.8) is 0 Å². The third-order valence-corrected chi connectivity index (χ3v) is 1.67. The van der Waals surface area contributed by atoms with Gasteiger partial charge in [-0.3, -0.25) is 9.78 Å². The first-order valence-electron chi connectivity index (χ1n) is 4.54. The molecule has 1 aromatic rings. The van der Waals surface area contributed by atoms with Gasteiger partial charge >= 0.3 is 0 Å². The Morgan fingerprint density at radius 3 is 2.93 bits per heavy atom. The van der Waals surface area contributed by atoms with E-state index in [-0.39, 0.29) is 11.9 Å². The van der Waals surface area contributed by atoms with Crippen LogP contribution in [0.25, 0.3) is 0 Å². The SMILES string of the molecule is CCNC(=O)C(C)Nc1cnccn1. The summed E-state index contributed by atoms with van der Waals surface area (Å²) in [7, 11) is 0. The van der Waals surface area contributed by atoms with Crippen molar-refractivity contribution in [3.05, 3.63) is 18.6 Å². The largest absolute Gasteiger partial charge is 0.357 e. The zero-order valence-corrected chi connectivity index (χ0v) is 8.32. The van der Waals surface area contributed by atoms with Gasteiger partial charge in [0, 0.05) is 18.9 Å². The van der Waals surface area contributed by atoms with Gasteiger partial charge in [-0.1, -0.05) is 0 Å². The molecule has 5 nitrogen and oxygen atoms in total. The maximum atomic E-state index is 11.3.